The van der Waals surface area contributed by atoms with E-state index in [1.807, 2.05) is 0 Å². The van der Waals surface area contributed by atoms with Crippen LogP contribution in [0.25, 0.3) is 11.4 Å². The number of rotatable bonds is 8. The molecule has 0 aliphatic heterocycles. The summed E-state index contributed by atoms with van der Waals surface area (Å²) in [4.78, 5) is 12.8. The van der Waals surface area contributed by atoms with Crippen LogP contribution in [0.15, 0.2) is 45.8 Å². The number of methoxy groups -OCH3 is 2. The third-order valence-electron chi connectivity index (χ3n) is 4.32. The summed E-state index contributed by atoms with van der Waals surface area (Å²) in [7, 11) is -1.71. The van der Waals surface area contributed by atoms with E-state index < -0.39 is 49.0 Å². The number of benzene rings is 2. The van der Waals surface area contributed by atoms with Gasteiger partial charge in [0.15, 0.2) is 0 Å². The van der Waals surface area contributed by atoms with Crippen LogP contribution in [0.4, 0.5) is 18.9 Å². The highest BCUT2D eigenvalue weighted by Crippen LogP contribution is 2.33. The Morgan fingerprint density at radius 1 is 1.15 bits per heavy atom. The van der Waals surface area contributed by atoms with E-state index in [1.165, 1.54) is 26.4 Å². The monoisotopic (exact) mass is 488 g/mol. The number of aromatic nitrogens is 2. The van der Waals surface area contributed by atoms with Crippen molar-refractivity contribution in [3.63, 3.8) is 0 Å². The molecule has 3 rings (SSSR count). The Kier molecular flexibility index (Phi) is 6.55. The summed E-state index contributed by atoms with van der Waals surface area (Å²) in [5.74, 6) is -1.66. The maximum absolute atomic E-state index is 13.0. The molecule has 0 saturated carbocycles. The van der Waals surface area contributed by atoms with Gasteiger partial charge in [0, 0.05) is 35.9 Å². The van der Waals surface area contributed by atoms with Gasteiger partial charge >= 0.3 is 12.1 Å². The van der Waals surface area contributed by atoms with Crippen molar-refractivity contribution in [2.24, 2.45) is 0 Å². The van der Waals surface area contributed by atoms with Gasteiger partial charge in [-0.15, -0.1) is 0 Å². The van der Waals surface area contributed by atoms with Crippen LogP contribution in [0, 0.1) is 10.1 Å². The van der Waals surface area contributed by atoms with E-state index in [0.717, 1.165) is 12.1 Å². The van der Waals surface area contributed by atoms with Gasteiger partial charge in [0.25, 0.3) is 5.69 Å². The standard InChI is InChI=1S/C18H15F3N4O7S/c1-30-12-5-3-10(14(8-12)31-2)9-22-33(28,29)15-7-11(25(26)27)4-6-13(15)16-23-17(32-24-16)18(19,20)21/h3-8,22H,9H2,1-2H3. The van der Waals surface area contributed by atoms with Gasteiger partial charge in [-0.2, -0.15) is 18.2 Å². The largest absolute Gasteiger partial charge is 0.497 e. The van der Waals surface area contributed by atoms with Crippen molar-refractivity contribution in [2.75, 3.05) is 14.2 Å². The lowest BCUT2D eigenvalue weighted by molar-refractivity contribution is -0.385. The van der Waals surface area contributed by atoms with Gasteiger partial charge in [-0.3, -0.25) is 10.1 Å². The molecule has 3 aromatic rings. The highest BCUT2D eigenvalue weighted by atomic mass is 32.2. The van der Waals surface area contributed by atoms with E-state index in [1.54, 1.807) is 6.07 Å². The molecule has 15 heteroatoms. The molecule has 1 heterocycles. The molecule has 11 nitrogen and oxygen atoms in total. The average Bonchev–Trinajstić information content (AvgIpc) is 3.28. The number of nitro groups is 1. The van der Waals surface area contributed by atoms with Gasteiger partial charge in [-0.1, -0.05) is 11.2 Å². The predicted molar refractivity (Wildman–Crippen MR) is 105 cm³/mol. The Bertz CT molecular complexity index is 1290. The molecule has 176 valence electrons. The van der Waals surface area contributed by atoms with Crippen LogP contribution < -0.4 is 14.2 Å². The molecule has 2 aromatic carbocycles. The molecular weight excluding hydrogens is 473 g/mol. The van der Waals surface area contributed by atoms with Gasteiger partial charge in [0.1, 0.15) is 11.5 Å². The van der Waals surface area contributed by atoms with Crippen molar-refractivity contribution in [2.45, 2.75) is 17.6 Å². The fourth-order valence-electron chi connectivity index (χ4n) is 2.73. The van der Waals surface area contributed by atoms with Gasteiger partial charge < -0.3 is 14.0 Å². The van der Waals surface area contributed by atoms with Gasteiger partial charge in [-0.05, 0) is 12.1 Å². The van der Waals surface area contributed by atoms with Crippen molar-refractivity contribution in [3.8, 4) is 22.9 Å². The first-order valence-corrected chi connectivity index (χ1v) is 10.3. The van der Waals surface area contributed by atoms with Crippen LogP contribution in [-0.2, 0) is 22.7 Å². The van der Waals surface area contributed by atoms with Crippen molar-refractivity contribution < 1.29 is 40.5 Å². The lowest BCUT2D eigenvalue weighted by atomic mass is 10.2. The Morgan fingerprint density at radius 3 is 2.45 bits per heavy atom. The second-order valence-electron chi connectivity index (χ2n) is 6.36. The quantitative estimate of drug-likeness (QED) is 0.373. The van der Waals surface area contributed by atoms with Crippen LogP contribution in [0.5, 0.6) is 11.5 Å². The molecule has 0 aliphatic rings. The van der Waals surface area contributed by atoms with E-state index >= 15 is 0 Å². The first-order chi connectivity index (χ1) is 15.5. The fourth-order valence-corrected chi connectivity index (χ4v) is 3.95. The molecule has 0 fully saturated rings. The second-order valence-corrected chi connectivity index (χ2v) is 8.10. The number of nitro benzene ring substituents is 1. The third kappa shape index (κ3) is 5.20. The number of sulfonamides is 1. The minimum atomic E-state index is -4.96. The molecule has 0 aliphatic carbocycles. The number of nitrogens with one attached hydrogen (secondary N) is 1. The zero-order chi connectivity index (χ0) is 24.4. The maximum Gasteiger partial charge on any atom is 0.471 e. The number of alkyl halides is 3. The SMILES string of the molecule is COc1ccc(CNS(=O)(=O)c2cc([N+](=O)[O-])ccc2-c2noc(C(F)(F)F)n2)c(OC)c1. The van der Waals surface area contributed by atoms with E-state index in [2.05, 4.69) is 19.4 Å². The molecule has 0 radical (unpaired) electrons. The van der Waals surface area contributed by atoms with E-state index in [0.29, 0.717) is 23.1 Å². The summed E-state index contributed by atoms with van der Waals surface area (Å²) in [5.41, 5.74) is -0.637. The highest BCUT2D eigenvalue weighted by Gasteiger charge is 2.39. The smallest absolute Gasteiger partial charge is 0.471 e. The summed E-state index contributed by atoms with van der Waals surface area (Å²) in [5, 5.41) is 14.3. The van der Waals surface area contributed by atoms with Crippen molar-refractivity contribution >= 4 is 15.7 Å². The predicted octanol–water partition coefficient (Wildman–Crippen LogP) is 3.16. The minimum Gasteiger partial charge on any atom is -0.497 e. The maximum atomic E-state index is 13.0. The molecule has 0 amide bonds. The van der Waals surface area contributed by atoms with E-state index in [-0.39, 0.29) is 6.54 Å². The topological polar surface area (TPSA) is 147 Å². The molecule has 0 bridgehead atoms. The summed E-state index contributed by atoms with van der Waals surface area (Å²) < 4.78 is 81.1. The molecule has 0 atom stereocenters. The number of hydrogen-bond donors (Lipinski definition) is 1. The lowest BCUT2D eigenvalue weighted by Crippen LogP contribution is -2.24. The fraction of sp³-hybridized carbons (Fsp3) is 0.222. The molecule has 1 aromatic heterocycles. The Hall–Kier alpha value is -3.72. The highest BCUT2D eigenvalue weighted by molar-refractivity contribution is 7.89. The number of nitrogens with zero attached hydrogens (tertiary/aromatic N) is 3. The number of ether oxygens (including phenoxy) is 2. The molecule has 33 heavy (non-hydrogen) atoms. The third-order valence-corrected chi connectivity index (χ3v) is 5.76. The van der Waals surface area contributed by atoms with Crippen LogP contribution >= 0.6 is 0 Å². The van der Waals surface area contributed by atoms with E-state index in [9.17, 15) is 31.7 Å². The number of hydrogen-bond acceptors (Lipinski definition) is 9. The Balaban J connectivity index is 2.01. The Labute approximate surface area is 184 Å². The first-order valence-electron chi connectivity index (χ1n) is 8.86. The van der Waals surface area contributed by atoms with Gasteiger partial charge in [-0.25, -0.2) is 13.1 Å². The van der Waals surface area contributed by atoms with E-state index in [4.69, 9.17) is 9.47 Å². The van der Waals surface area contributed by atoms with Crippen molar-refractivity contribution in [3.05, 3.63) is 58.0 Å². The minimum absolute atomic E-state index is 0.296. The van der Waals surface area contributed by atoms with Crippen molar-refractivity contribution in [1.29, 1.82) is 0 Å². The number of halogens is 3. The average molecular weight is 488 g/mol. The summed E-state index contributed by atoms with van der Waals surface area (Å²) in [6.07, 6.45) is -4.96. The zero-order valence-electron chi connectivity index (χ0n) is 16.9. The summed E-state index contributed by atoms with van der Waals surface area (Å²) >= 11 is 0. The Morgan fingerprint density at radius 2 is 1.88 bits per heavy atom. The lowest BCUT2D eigenvalue weighted by Gasteiger charge is -2.13. The van der Waals surface area contributed by atoms with Gasteiger partial charge in [0.05, 0.1) is 24.0 Å². The first kappa shape index (κ1) is 23.9. The second kappa shape index (κ2) is 9.03. The van der Waals surface area contributed by atoms with Crippen LogP contribution in [0.2, 0.25) is 0 Å². The molecule has 0 spiro atoms. The van der Waals surface area contributed by atoms with Crippen LogP contribution in [0.1, 0.15) is 11.5 Å². The number of non-ortho nitro benzene ring substituents is 1. The van der Waals surface area contributed by atoms with Crippen molar-refractivity contribution in [1.82, 2.24) is 14.9 Å². The molecule has 0 unspecified atom stereocenters. The van der Waals surface area contributed by atoms with Crippen LogP contribution in [-0.4, -0.2) is 37.7 Å². The normalized spacial score (nSPS) is 11.9. The summed E-state index contributed by atoms with van der Waals surface area (Å²) in [6.45, 7) is -0.308. The van der Waals surface area contributed by atoms with Crippen LogP contribution in [0.3, 0.4) is 0 Å². The molecule has 1 N–H and O–H groups in total. The zero-order valence-corrected chi connectivity index (χ0v) is 17.7. The van der Waals surface area contributed by atoms with Gasteiger partial charge in [0.2, 0.25) is 15.8 Å². The summed E-state index contributed by atoms with van der Waals surface area (Å²) in [6, 6.07) is 7.12. The molecule has 0 saturated heterocycles. The molecular formula is C18H15F3N4O7S.